The summed E-state index contributed by atoms with van der Waals surface area (Å²) in [4.78, 5) is 5.94. The Hall–Kier alpha value is -0.750. The first-order chi connectivity index (χ1) is 10.5. The fraction of sp³-hybridized carbons (Fsp3) is 0.647. The number of piperazine rings is 1. The van der Waals surface area contributed by atoms with E-state index >= 15 is 0 Å². The highest BCUT2D eigenvalue weighted by atomic mass is 32.2. The van der Waals surface area contributed by atoms with Gasteiger partial charge in [0.1, 0.15) is 0 Å². The second-order valence-electron chi connectivity index (χ2n) is 6.22. The average Bonchev–Trinajstić information content (AvgIpc) is 2.47. The molecule has 0 aromatic heterocycles. The number of ether oxygens (including phenoxy) is 1. The first kappa shape index (κ1) is 17.6. The molecular formula is C17H28N2O2S. The van der Waals surface area contributed by atoms with E-state index < -0.39 is 10.8 Å². The van der Waals surface area contributed by atoms with Gasteiger partial charge in [0, 0.05) is 67.3 Å². The molecule has 1 heterocycles. The highest BCUT2D eigenvalue weighted by Crippen LogP contribution is 2.18. The maximum Gasteiger partial charge on any atom is 0.0589 e. The van der Waals surface area contributed by atoms with Gasteiger partial charge in [0.2, 0.25) is 0 Å². The molecule has 0 spiro atoms. The third kappa shape index (κ3) is 4.62. The topological polar surface area (TPSA) is 32.8 Å². The molecule has 124 valence electrons. The Balaban J connectivity index is 1.93. The lowest BCUT2D eigenvalue weighted by Gasteiger charge is -2.44. The van der Waals surface area contributed by atoms with Crippen LogP contribution in [0, 0.1) is 0 Å². The van der Waals surface area contributed by atoms with Crippen LogP contribution in [0.1, 0.15) is 19.4 Å². The van der Waals surface area contributed by atoms with Crippen LogP contribution in [0.5, 0.6) is 0 Å². The quantitative estimate of drug-likeness (QED) is 0.801. The Morgan fingerprint density at radius 2 is 1.77 bits per heavy atom. The van der Waals surface area contributed by atoms with Gasteiger partial charge in [0.25, 0.3) is 0 Å². The van der Waals surface area contributed by atoms with Crippen LogP contribution in [-0.4, -0.2) is 65.7 Å². The smallest absolute Gasteiger partial charge is 0.0589 e. The van der Waals surface area contributed by atoms with Crippen LogP contribution in [0.2, 0.25) is 0 Å². The van der Waals surface area contributed by atoms with Crippen molar-refractivity contribution in [2.45, 2.75) is 37.4 Å². The number of methoxy groups -OCH3 is 1. The molecule has 0 aliphatic carbocycles. The number of hydrogen-bond acceptors (Lipinski definition) is 4. The van der Waals surface area contributed by atoms with Gasteiger partial charge < -0.3 is 4.74 Å². The second-order valence-corrected chi connectivity index (χ2v) is 7.60. The van der Waals surface area contributed by atoms with Crippen LogP contribution >= 0.6 is 0 Å². The van der Waals surface area contributed by atoms with E-state index in [0.29, 0.717) is 12.1 Å². The summed E-state index contributed by atoms with van der Waals surface area (Å²) in [6.07, 6.45) is 1.72. The van der Waals surface area contributed by atoms with E-state index in [4.69, 9.17) is 4.74 Å². The number of hydrogen-bond donors (Lipinski definition) is 0. The molecule has 3 atom stereocenters. The summed E-state index contributed by atoms with van der Waals surface area (Å²) in [5, 5.41) is 0. The monoisotopic (exact) mass is 324 g/mol. The van der Waals surface area contributed by atoms with Gasteiger partial charge in [-0.25, -0.2) is 0 Å². The molecule has 0 amide bonds. The minimum Gasteiger partial charge on any atom is -0.383 e. The predicted octanol–water partition coefficient (Wildman–Crippen LogP) is 1.96. The Bertz CT molecular complexity index is 480. The second kappa shape index (κ2) is 8.20. The first-order valence-corrected chi connectivity index (χ1v) is 9.46. The maximum absolute atomic E-state index is 11.4. The molecule has 1 aliphatic rings. The zero-order valence-electron chi connectivity index (χ0n) is 14.1. The largest absolute Gasteiger partial charge is 0.383 e. The van der Waals surface area contributed by atoms with Crippen molar-refractivity contribution in [1.29, 1.82) is 0 Å². The summed E-state index contributed by atoms with van der Waals surface area (Å²) < 4.78 is 16.7. The van der Waals surface area contributed by atoms with Gasteiger partial charge in [-0.15, -0.1) is 0 Å². The molecule has 4 nitrogen and oxygen atoms in total. The molecule has 5 heteroatoms. The van der Waals surface area contributed by atoms with Gasteiger partial charge in [-0.3, -0.25) is 14.0 Å². The van der Waals surface area contributed by atoms with E-state index in [9.17, 15) is 4.21 Å². The van der Waals surface area contributed by atoms with Crippen LogP contribution in [0.3, 0.4) is 0 Å². The molecule has 1 fully saturated rings. The molecule has 0 bridgehead atoms. The lowest BCUT2D eigenvalue weighted by Crippen LogP contribution is -2.56. The summed E-state index contributed by atoms with van der Waals surface area (Å²) in [7, 11) is 0.867. The minimum atomic E-state index is -0.896. The Morgan fingerprint density at radius 3 is 2.27 bits per heavy atom. The standard InChI is InChI=1S/C17H28N2O2S/c1-14-11-18(12-15(2)19(14)9-10-21-3)13-16-5-7-17(8-6-16)22(4)20/h5-8,14-15H,9-13H2,1-4H3/t14-,15-,22+/m1/s1. The van der Waals surface area contributed by atoms with Crippen molar-refractivity contribution in [3.63, 3.8) is 0 Å². The van der Waals surface area contributed by atoms with Crippen LogP contribution in [0.4, 0.5) is 0 Å². The first-order valence-electron chi connectivity index (χ1n) is 7.90. The number of rotatable bonds is 6. The molecule has 0 saturated carbocycles. The predicted molar refractivity (Wildman–Crippen MR) is 91.6 cm³/mol. The van der Waals surface area contributed by atoms with Gasteiger partial charge in [-0.2, -0.15) is 0 Å². The molecule has 1 aromatic rings. The van der Waals surface area contributed by atoms with E-state index in [-0.39, 0.29) is 0 Å². The summed E-state index contributed by atoms with van der Waals surface area (Å²) in [5.41, 5.74) is 1.29. The Morgan fingerprint density at radius 1 is 1.18 bits per heavy atom. The highest BCUT2D eigenvalue weighted by molar-refractivity contribution is 7.84. The van der Waals surface area contributed by atoms with Gasteiger partial charge in [-0.05, 0) is 31.5 Å². The third-order valence-corrected chi connectivity index (χ3v) is 5.33. The van der Waals surface area contributed by atoms with Crippen molar-refractivity contribution in [2.24, 2.45) is 0 Å². The number of benzene rings is 1. The highest BCUT2D eigenvalue weighted by Gasteiger charge is 2.28. The molecule has 1 saturated heterocycles. The van der Waals surface area contributed by atoms with Crippen LogP contribution in [0.15, 0.2) is 29.2 Å². The van der Waals surface area contributed by atoms with Gasteiger partial charge >= 0.3 is 0 Å². The van der Waals surface area contributed by atoms with Gasteiger partial charge in [0.05, 0.1) is 6.61 Å². The molecule has 0 N–H and O–H groups in total. The van der Waals surface area contributed by atoms with Crippen molar-refractivity contribution in [3.8, 4) is 0 Å². The van der Waals surface area contributed by atoms with Crippen molar-refractivity contribution in [2.75, 3.05) is 39.6 Å². The van der Waals surface area contributed by atoms with Crippen molar-refractivity contribution < 1.29 is 8.95 Å². The molecular weight excluding hydrogens is 296 g/mol. The summed E-state index contributed by atoms with van der Waals surface area (Å²) in [5.74, 6) is 0. The zero-order valence-corrected chi connectivity index (χ0v) is 14.9. The molecule has 1 aliphatic heterocycles. The van der Waals surface area contributed by atoms with Gasteiger partial charge in [-0.1, -0.05) is 12.1 Å². The Labute approximate surface area is 136 Å². The zero-order chi connectivity index (χ0) is 16.1. The van der Waals surface area contributed by atoms with E-state index in [1.165, 1.54) is 5.56 Å². The van der Waals surface area contributed by atoms with E-state index in [1.807, 2.05) is 12.1 Å². The van der Waals surface area contributed by atoms with E-state index in [1.54, 1.807) is 13.4 Å². The van der Waals surface area contributed by atoms with Crippen LogP contribution < -0.4 is 0 Å². The normalized spacial score (nSPS) is 25.3. The SMILES string of the molecule is COCCN1[C@H](C)CN(Cc2ccc([S@](C)=O)cc2)C[C@H]1C. The summed E-state index contributed by atoms with van der Waals surface area (Å²) >= 11 is 0. The number of nitrogens with zero attached hydrogens (tertiary/aromatic N) is 2. The lowest BCUT2D eigenvalue weighted by molar-refractivity contribution is 0.0179. The molecule has 2 rings (SSSR count). The van der Waals surface area contributed by atoms with E-state index in [0.717, 1.165) is 37.7 Å². The summed E-state index contributed by atoms with van der Waals surface area (Å²) in [6.45, 7) is 9.51. The van der Waals surface area contributed by atoms with Crippen molar-refractivity contribution in [1.82, 2.24) is 9.80 Å². The Kier molecular flexibility index (Phi) is 6.56. The third-order valence-electron chi connectivity index (χ3n) is 4.39. The van der Waals surface area contributed by atoms with Gasteiger partial charge in [0.15, 0.2) is 0 Å². The fourth-order valence-corrected chi connectivity index (χ4v) is 3.80. The molecule has 0 radical (unpaired) electrons. The summed E-state index contributed by atoms with van der Waals surface area (Å²) in [6, 6.07) is 9.25. The molecule has 22 heavy (non-hydrogen) atoms. The molecule has 0 unspecified atom stereocenters. The average molecular weight is 324 g/mol. The maximum atomic E-state index is 11.4. The van der Waals surface area contributed by atoms with Crippen molar-refractivity contribution in [3.05, 3.63) is 29.8 Å². The fourth-order valence-electron chi connectivity index (χ4n) is 3.28. The minimum absolute atomic E-state index is 0.543. The molecule has 1 aromatic carbocycles. The lowest BCUT2D eigenvalue weighted by atomic mass is 10.1. The van der Waals surface area contributed by atoms with E-state index in [2.05, 4.69) is 35.8 Å². The van der Waals surface area contributed by atoms with Crippen LogP contribution in [-0.2, 0) is 22.1 Å². The van der Waals surface area contributed by atoms with Crippen molar-refractivity contribution >= 4 is 10.8 Å². The van der Waals surface area contributed by atoms with Crippen LogP contribution in [0.25, 0.3) is 0 Å².